The van der Waals surface area contributed by atoms with E-state index in [9.17, 15) is 0 Å². The molecule has 2 aliphatic rings. The van der Waals surface area contributed by atoms with Crippen molar-refractivity contribution in [1.29, 1.82) is 0 Å². The molecular formula is C16H24N2. The molecule has 0 amide bonds. The van der Waals surface area contributed by atoms with E-state index in [0.717, 1.165) is 11.8 Å². The summed E-state index contributed by atoms with van der Waals surface area (Å²) in [6.07, 6.45) is 2.58. The molecule has 0 saturated carbocycles. The highest BCUT2D eigenvalue weighted by Crippen LogP contribution is 2.28. The Hall–Kier alpha value is -1.02. The summed E-state index contributed by atoms with van der Waals surface area (Å²) in [6, 6.07) is 9.35. The fraction of sp³-hybridized carbons (Fsp3) is 0.625. The molecule has 1 aromatic carbocycles. The van der Waals surface area contributed by atoms with E-state index >= 15 is 0 Å². The Morgan fingerprint density at radius 3 is 2.89 bits per heavy atom. The van der Waals surface area contributed by atoms with E-state index in [1.54, 1.807) is 0 Å². The van der Waals surface area contributed by atoms with E-state index in [4.69, 9.17) is 0 Å². The Balaban J connectivity index is 1.54. The summed E-state index contributed by atoms with van der Waals surface area (Å²) in [5, 5.41) is 3.66. The number of hydrogen-bond donors (Lipinski definition) is 1. The average molecular weight is 244 g/mol. The second-order valence-electron chi connectivity index (χ2n) is 6.25. The molecule has 0 bridgehead atoms. The lowest BCUT2D eigenvalue weighted by Crippen LogP contribution is -2.34. The first-order valence-electron chi connectivity index (χ1n) is 7.29. The highest BCUT2D eigenvalue weighted by molar-refractivity contribution is 5.56. The molecule has 1 saturated heterocycles. The molecule has 1 fully saturated rings. The zero-order valence-corrected chi connectivity index (χ0v) is 11.5. The van der Waals surface area contributed by atoms with Crippen molar-refractivity contribution in [3.63, 3.8) is 0 Å². The molecule has 0 aliphatic carbocycles. The van der Waals surface area contributed by atoms with Crippen molar-refractivity contribution in [3.05, 3.63) is 29.8 Å². The van der Waals surface area contributed by atoms with Gasteiger partial charge in [0.2, 0.25) is 0 Å². The lowest BCUT2D eigenvalue weighted by atomic mass is 9.95. The molecule has 1 N–H and O–H groups in total. The summed E-state index contributed by atoms with van der Waals surface area (Å²) in [5.74, 6) is 1.75. The van der Waals surface area contributed by atoms with Crippen molar-refractivity contribution in [2.45, 2.75) is 32.7 Å². The van der Waals surface area contributed by atoms with Gasteiger partial charge in [0.25, 0.3) is 0 Å². The monoisotopic (exact) mass is 244 g/mol. The van der Waals surface area contributed by atoms with E-state index in [-0.39, 0.29) is 0 Å². The van der Waals surface area contributed by atoms with Crippen molar-refractivity contribution in [1.82, 2.24) is 4.90 Å². The van der Waals surface area contributed by atoms with Gasteiger partial charge in [0.15, 0.2) is 0 Å². The lowest BCUT2D eigenvalue weighted by Gasteiger charge is -2.21. The third kappa shape index (κ3) is 2.39. The van der Waals surface area contributed by atoms with Gasteiger partial charge in [0.05, 0.1) is 0 Å². The third-order valence-corrected chi connectivity index (χ3v) is 4.57. The van der Waals surface area contributed by atoms with Crippen LogP contribution in [0.5, 0.6) is 0 Å². The maximum absolute atomic E-state index is 3.66. The first kappa shape index (κ1) is 12.0. The van der Waals surface area contributed by atoms with Crippen LogP contribution in [0.4, 0.5) is 5.69 Å². The molecule has 0 spiro atoms. The standard InChI is InChI=1S/C16H24N2/c1-12(2)14-7-8-18(10-14)11-15-9-13-5-3-4-6-16(13)17-15/h3-6,12,14-15,17H,7-11H2,1-2H3. The number of benzene rings is 1. The van der Waals surface area contributed by atoms with Crippen LogP contribution >= 0.6 is 0 Å². The third-order valence-electron chi connectivity index (χ3n) is 4.57. The van der Waals surface area contributed by atoms with Crippen LogP contribution in [-0.4, -0.2) is 30.6 Å². The molecule has 0 aromatic heterocycles. The number of anilines is 1. The lowest BCUT2D eigenvalue weighted by molar-refractivity contribution is 0.293. The van der Waals surface area contributed by atoms with Gasteiger partial charge in [0, 0.05) is 24.8 Å². The number of rotatable bonds is 3. The zero-order valence-electron chi connectivity index (χ0n) is 11.5. The number of likely N-dealkylation sites (tertiary alicyclic amines) is 1. The molecule has 2 nitrogen and oxygen atoms in total. The van der Waals surface area contributed by atoms with Crippen LogP contribution in [-0.2, 0) is 6.42 Å². The Morgan fingerprint density at radius 2 is 2.17 bits per heavy atom. The first-order chi connectivity index (χ1) is 8.72. The second-order valence-corrected chi connectivity index (χ2v) is 6.25. The van der Waals surface area contributed by atoms with Gasteiger partial charge in [-0.15, -0.1) is 0 Å². The summed E-state index contributed by atoms with van der Waals surface area (Å²) < 4.78 is 0. The van der Waals surface area contributed by atoms with Gasteiger partial charge >= 0.3 is 0 Å². The molecule has 2 aliphatic heterocycles. The maximum atomic E-state index is 3.66. The summed E-state index contributed by atoms with van der Waals surface area (Å²) in [4.78, 5) is 2.65. The Kier molecular flexibility index (Phi) is 3.29. The van der Waals surface area contributed by atoms with Crippen LogP contribution in [0.15, 0.2) is 24.3 Å². The normalized spacial score (nSPS) is 27.5. The fourth-order valence-corrected chi connectivity index (χ4v) is 3.37. The van der Waals surface area contributed by atoms with E-state index < -0.39 is 0 Å². The average Bonchev–Trinajstić information content (AvgIpc) is 2.94. The highest BCUT2D eigenvalue weighted by Gasteiger charge is 2.28. The number of nitrogens with one attached hydrogen (secondary N) is 1. The zero-order chi connectivity index (χ0) is 12.5. The Bertz CT molecular complexity index is 388. The van der Waals surface area contributed by atoms with Crippen LogP contribution in [0.1, 0.15) is 25.8 Å². The van der Waals surface area contributed by atoms with Gasteiger partial charge in [-0.1, -0.05) is 32.0 Å². The first-order valence-corrected chi connectivity index (χ1v) is 7.29. The van der Waals surface area contributed by atoms with Crippen LogP contribution in [0.2, 0.25) is 0 Å². The van der Waals surface area contributed by atoms with Crippen LogP contribution < -0.4 is 5.32 Å². The van der Waals surface area contributed by atoms with Crippen molar-refractivity contribution < 1.29 is 0 Å². The van der Waals surface area contributed by atoms with Gasteiger partial charge in [-0.25, -0.2) is 0 Å². The van der Waals surface area contributed by atoms with Crippen molar-refractivity contribution in [2.24, 2.45) is 11.8 Å². The van der Waals surface area contributed by atoms with Crippen LogP contribution in [0, 0.1) is 11.8 Å². The van der Waals surface area contributed by atoms with E-state index in [1.165, 1.54) is 43.7 Å². The van der Waals surface area contributed by atoms with E-state index in [0.29, 0.717) is 6.04 Å². The molecule has 3 rings (SSSR count). The second kappa shape index (κ2) is 4.93. The van der Waals surface area contributed by atoms with Gasteiger partial charge in [-0.3, -0.25) is 0 Å². The Morgan fingerprint density at radius 1 is 1.33 bits per heavy atom. The minimum Gasteiger partial charge on any atom is -0.380 e. The molecular weight excluding hydrogens is 220 g/mol. The van der Waals surface area contributed by atoms with E-state index in [2.05, 4.69) is 48.3 Å². The predicted molar refractivity (Wildman–Crippen MR) is 76.9 cm³/mol. The summed E-state index contributed by atoms with van der Waals surface area (Å²) in [6.45, 7) is 8.51. The fourth-order valence-electron chi connectivity index (χ4n) is 3.37. The van der Waals surface area contributed by atoms with Gasteiger partial charge in [-0.05, 0) is 42.9 Å². The molecule has 2 atom stereocenters. The smallest absolute Gasteiger partial charge is 0.0429 e. The van der Waals surface area contributed by atoms with Gasteiger partial charge in [-0.2, -0.15) is 0 Å². The molecule has 0 radical (unpaired) electrons. The summed E-state index contributed by atoms with van der Waals surface area (Å²) >= 11 is 0. The summed E-state index contributed by atoms with van der Waals surface area (Å²) in [7, 11) is 0. The Labute approximate surface area is 110 Å². The molecule has 2 unspecified atom stereocenters. The predicted octanol–water partition coefficient (Wildman–Crippen LogP) is 3.00. The van der Waals surface area contributed by atoms with Crippen molar-refractivity contribution >= 4 is 5.69 Å². The van der Waals surface area contributed by atoms with E-state index in [1.807, 2.05) is 0 Å². The van der Waals surface area contributed by atoms with Crippen molar-refractivity contribution in [2.75, 3.05) is 25.0 Å². The quantitative estimate of drug-likeness (QED) is 0.879. The van der Waals surface area contributed by atoms with Crippen LogP contribution in [0.3, 0.4) is 0 Å². The number of hydrogen-bond acceptors (Lipinski definition) is 2. The van der Waals surface area contributed by atoms with Crippen LogP contribution in [0.25, 0.3) is 0 Å². The number of para-hydroxylation sites is 1. The molecule has 2 heteroatoms. The highest BCUT2D eigenvalue weighted by atomic mass is 15.2. The van der Waals surface area contributed by atoms with Crippen molar-refractivity contribution in [3.8, 4) is 0 Å². The molecule has 18 heavy (non-hydrogen) atoms. The van der Waals surface area contributed by atoms with Gasteiger partial charge in [0.1, 0.15) is 0 Å². The topological polar surface area (TPSA) is 15.3 Å². The molecule has 98 valence electrons. The molecule has 1 aromatic rings. The largest absolute Gasteiger partial charge is 0.380 e. The SMILES string of the molecule is CC(C)C1CCN(CC2Cc3ccccc3N2)C1. The number of nitrogens with zero attached hydrogens (tertiary/aromatic N) is 1. The minimum atomic E-state index is 0.619. The minimum absolute atomic E-state index is 0.619. The molecule has 2 heterocycles. The van der Waals surface area contributed by atoms with Gasteiger partial charge < -0.3 is 10.2 Å². The maximum Gasteiger partial charge on any atom is 0.0429 e. The number of fused-ring (bicyclic) bond motifs is 1. The summed E-state index contributed by atoms with van der Waals surface area (Å²) in [5.41, 5.74) is 2.84.